The summed E-state index contributed by atoms with van der Waals surface area (Å²) in [5, 5.41) is 4.49. The van der Waals surface area contributed by atoms with E-state index in [1.165, 1.54) is 25.7 Å². The largest absolute Gasteiger partial charge is 0.477 e. The van der Waals surface area contributed by atoms with Gasteiger partial charge in [-0.2, -0.15) is 0 Å². The summed E-state index contributed by atoms with van der Waals surface area (Å²) in [5.74, 6) is 1.42. The normalized spacial score (nSPS) is 19.9. The smallest absolute Gasteiger partial charge is 0.341 e. The number of carbonyl (C=O) groups excluding carboxylic acids is 1. The number of esters is 1. The summed E-state index contributed by atoms with van der Waals surface area (Å²) in [6, 6.07) is 5.10. The van der Waals surface area contributed by atoms with Crippen LogP contribution >= 0.6 is 11.6 Å². The van der Waals surface area contributed by atoms with E-state index in [-0.39, 0.29) is 10.7 Å². The summed E-state index contributed by atoms with van der Waals surface area (Å²) in [6.07, 6.45) is 8.41. The number of aromatic nitrogens is 3. The molecule has 0 radical (unpaired) electrons. The molecule has 150 valence electrons. The fraction of sp³-hybridized carbons (Fsp3) is 0.571. The molecule has 7 heteroatoms. The minimum Gasteiger partial charge on any atom is -0.477 e. The number of hydrogen-bond acceptors (Lipinski definition) is 5. The van der Waals surface area contributed by atoms with Crippen molar-refractivity contribution in [3.63, 3.8) is 0 Å². The molecule has 0 amide bonds. The van der Waals surface area contributed by atoms with Crippen molar-refractivity contribution < 1.29 is 14.3 Å². The second-order valence-electron chi connectivity index (χ2n) is 8.84. The van der Waals surface area contributed by atoms with Crippen LogP contribution in [0.5, 0.6) is 5.88 Å². The van der Waals surface area contributed by atoms with Gasteiger partial charge >= 0.3 is 5.97 Å². The van der Waals surface area contributed by atoms with Gasteiger partial charge in [0, 0.05) is 12.3 Å². The zero-order valence-corrected chi connectivity index (χ0v) is 17.3. The molecule has 0 aliphatic heterocycles. The first-order chi connectivity index (χ1) is 13.3. The number of halogens is 1. The van der Waals surface area contributed by atoms with Crippen molar-refractivity contribution in [3.8, 4) is 11.7 Å². The molecule has 1 spiro atoms. The first kappa shape index (κ1) is 19.2. The van der Waals surface area contributed by atoms with Crippen molar-refractivity contribution in [1.82, 2.24) is 14.8 Å². The van der Waals surface area contributed by atoms with Gasteiger partial charge in [0.15, 0.2) is 5.82 Å². The van der Waals surface area contributed by atoms with Gasteiger partial charge in [0.2, 0.25) is 5.88 Å². The lowest BCUT2D eigenvalue weighted by atomic mass is 9.69. The lowest BCUT2D eigenvalue weighted by molar-refractivity contribution is 0.00693. The van der Waals surface area contributed by atoms with Crippen LogP contribution in [0.1, 0.15) is 63.2 Å². The average molecular weight is 404 g/mol. The van der Waals surface area contributed by atoms with E-state index in [9.17, 15) is 4.79 Å². The van der Waals surface area contributed by atoms with E-state index in [4.69, 9.17) is 21.1 Å². The van der Waals surface area contributed by atoms with Gasteiger partial charge in [-0.05, 0) is 76.3 Å². The monoisotopic (exact) mass is 403 g/mol. The molecule has 2 saturated carbocycles. The highest BCUT2D eigenvalue weighted by molar-refractivity contribution is 6.32. The molecular formula is C21H26ClN3O3. The highest BCUT2D eigenvalue weighted by atomic mass is 35.5. The summed E-state index contributed by atoms with van der Waals surface area (Å²) >= 11 is 6.20. The van der Waals surface area contributed by atoms with Crippen LogP contribution in [0.15, 0.2) is 24.4 Å². The minimum absolute atomic E-state index is 0.0874. The summed E-state index contributed by atoms with van der Waals surface area (Å²) in [7, 11) is 0. The van der Waals surface area contributed by atoms with Gasteiger partial charge in [-0.3, -0.25) is 0 Å². The van der Waals surface area contributed by atoms with Crippen molar-refractivity contribution in [2.24, 2.45) is 11.3 Å². The van der Waals surface area contributed by atoms with Crippen molar-refractivity contribution in [2.45, 2.75) is 58.5 Å². The molecule has 2 aliphatic rings. The Balaban J connectivity index is 1.36. The molecule has 4 rings (SSSR count). The molecule has 0 N–H and O–H groups in total. The van der Waals surface area contributed by atoms with Crippen molar-refractivity contribution in [2.75, 3.05) is 6.61 Å². The van der Waals surface area contributed by atoms with E-state index in [1.807, 2.05) is 6.07 Å². The van der Waals surface area contributed by atoms with Crippen LogP contribution < -0.4 is 4.74 Å². The van der Waals surface area contributed by atoms with Crippen LogP contribution in [0.2, 0.25) is 5.15 Å². The quantitative estimate of drug-likeness (QED) is 0.510. The van der Waals surface area contributed by atoms with Gasteiger partial charge in [-0.25, -0.2) is 14.5 Å². The van der Waals surface area contributed by atoms with Crippen molar-refractivity contribution >= 4 is 17.6 Å². The molecule has 2 heterocycles. The molecule has 28 heavy (non-hydrogen) atoms. The van der Waals surface area contributed by atoms with Gasteiger partial charge in [-0.15, -0.1) is 5.10 Å². The second-order valence-corrected chi connectivity index (χ2v) is 9.20. The fourth-order valence-corrected chi connectivity index (χ4v) is 4.11. The zero-order valence-electron chi connectivity index (χ0n) is 16.6. The van der Waals surface area contributed by atoms with Gasteiger partial charge in [-0.1, -0.05) is 11.6 Å². The Kier molecular flexibility index (Phi) is 4.86. The molecule has 0 unspecified atom stereocenters. The first-order valence-electron chi connectivity index (χ1n) is 9.85. The molecule has 0 bridgehead atoms. The number of hydrogen-bond donors (Lipinski definition) is 0. The number of ether oxygens (including phenoxy) is 2. The highest BCUT2D eigenvalue weighted by Gasteiger charge is 2.54. The summed E-state index contributed by atoms with van der Waals surface area (Å²) in [5.41, 5.74) is 0.323. The maximum absolute atomic E-state index is 12.2. The van der Waals surface area contributed by atoms with Crippen LogP contribution in [0, 0.1) is 11.3 Å². The highest BCUT2D eigenvalue weighted by Crippen LogP contribution is 2.65. The number of pyridine rings is 1. The van der Waals surface area contributed by atoms with E-state index >= 15 is 0 Å². The molecule has 2 fully saturated rings. The number of carbonyl (C=O) groups is 1. The Morgan fingerprint density at radius 2 is 2.07 bits per heavy atom. The molecule has 1 atom stereocenters. The summed E-state index contributed by atoms with van der Waals surface area (Å²) in [6.45, 7) is 6.11. The molecule has 0 aromatic carbocycles. The van der Waals surface area contributed by atoms with Gasteiger partial charge in [0.1, 0.15) is 10.8 Å². The minimum atomic E-state index is -0.591. The van der Waals surface area contributed by atoms with Gasteiger partial charge in [0.05, 0.1) is 12.2 Å². The third kappa shape index (κ3) is 4.02. The third-order valence-electron chi connectivity index (χ3n) is 5.72. The van der Waals surface area contributed by atoms with Crippen molar-refractivity contribution in [3.05, 3.63) is 35.1 Å². The van der Waals surface area contributed by atoms with Gasteiger partial charge in [0.25, 0.3) is 0 Å². The molecular weight excluding hydrogens is 378 g/mol. The van der Waals surface area contributed by atoms with Crippen LogP contribution in [0.4, 0.5) is 0 Å². The third-order valence-corrected chi connectivity index (χ3v) is 6.01. The van der Waals surface area contributed by atoms with Gasteiger partial charge < -0.3 is 9.47 Å². The van der Waals surface area contributed by atoms with E-state index in [0.717, 1.165) is 12.3 Å². The Morgan fingerprint density at radius 1 is 1.29 bits per heavy atom. The Labute approximate surface area is 170 Å². The van der Waals surface area contributed by atoms with Crippen molar-refractivity contribution in [1.29, 1.82) is 0 Å². The lowest BCUT2D eigenvalue weighted by Crippen LogP contribution is -2.28. The SMILES string of the molecule is CC(C)(C)OC(=O)c1ccc(-n2ccc(OCC[C@H]3CCC34CC4)n2)nc1Cl. The van der Waals surface area contributed by atoms with E-state index in [0.29, 0.717) is 23.7 Å². The van der Waals surface area contributed by atoms with Crippen LogP contribution in [0.25, 0.3) is 5.82 Å². The predicted octanol–water partition coefficient (Wildman–Crippen LogP) is 4.84. The number of nitrogens with zero attached hydrogens (tertiary/aromatic N) is 3. The maximum Gasteiger partial charge on any atom is 0.341 e. The Morgan fingerprint density at radius 3 is 2.68 bits per heavy atom. The summed E-state index contributed by atoms with van der Waals surface area (Å²) in [4.78, 5) is 16.5. The molecule has 2 aromatic heterocycles. The first-order valence-corrected chi connectivity index (χ1v) is 10.2. The average Bonchev–Trinajstić information content (AvgIpc) is 3.31. The fourth-order valence-electron chi connectivity index (χ4n) is 3.88. The zero-order chi connectivity index (χ0) is 19.9. The number of rotatable bonds is 6. The lowest BCUT2D eigenvalue weighted by Gasteiger charge is -2.37. The Hall–Kier alpha value is -2.08. The molecule has 0 saturated heterocycles. The van der Waals surface area contributed by atoms with E-state index < -0.39 is 11.6 Å². The Bertz CT molecular complexity index is 883. The molecule has 6 nitrogen and oxygen atoms in total. The van der Waals surface area contributed by atoms with E-state index in [2.05, 4.69) is 10.1 Å². The predicted molar refractivity (Wildman–Crippen MR) is 106 cm³/mol. The summed E-state index contributed by atoms with van der Waals surface area (Å²) < 4.78 is 12.8. The second kappa shape index (κ2) is 7.07. The van der Waals surface area contributed by atoms with E-state index in [1.54, 1.807) is 43.8 Å². The van der Waals surface area contributed by atoms with Crippen LogP contribution in [-0.2, 0) is 4.74 Å². The topological polar surface area (TPSA) is 66.2 Å². The molecule has 2 aliphatic carbocycles. The maximum atomic E-state index is 12.2. The van der Waals surface area contributed by atoms with Crippen LogP contribution in [-0.4, -0.2) is 32.9 Å². The van der Waals surface area contributed by atoms with Crippen LogP contribution in [0.3, 0.4) is 0 Å². The molecule has 2 aromatic rings. The standard InChI is InChI=1S/C21H26ClN3O3/c1-20(2,3)28-19(26)15-4-5-16(23-18(15)22)25-12-7-17(24-25)27-13-8-14-6-9-21(14)10-11-21/h4-5,7,12,14H,6,8-11,13H2,1-3H3/t14-/m1/s1.